The molecule has 4 aliphatic carbocycles. The lowest BCUT2D eigenvalue weighted by atomic mass is 9.47. The van der Waals surface area contributed by atoms with Crippen LogP contribution in [0.3, 0.4) is 0 Å². The predicted octanol–water partition coefficient (Wildman–Crippen LogP) is 5.99. The van der Waals surface area contributed by atoms with Crippen LogP contribution in [0.4, 0.5) is 0 Å². The summed E-state index contributed by atoms with van der Waals surface area (Å²) in [6, 6.07) is 0. The fourth-order valence-electron chi connectivity index (χ4n) is 7.48. The van der Waals surface area contributed by atoms with Crippen LogP contribution in [0.15, 0.2) is 11.6 Å². The zero-order valence-electron chi connectivity index (χ0n) is 18.3. The molecule has 3 saturated carbocycles. The van der Waals surface area contributed by atoms with Crippen LogP contribution in [0.2, 0.25) is 0 Å². The van der Waals surface area contributed by atoms with Gasteiger partial charge in [0.1, 0.15) is 0 Å². The quantitative estimate of drug-likeness (QED) is 0.613. The summed E-state index contributed by atoms with van der Waals surface area (Å²) < 4.78 is 6.36. The second-order valence-electron chi connectivity index (χ2n) is 11.4. The first-order valence-corrected chi connectivity index (χ1v) is 11.7. The Balaban J connectivity index is 1.50. The summed E-state index contributed by atoms with van der Waals surface area (Å²) in [6.45, 7) is 12.2. The molecule has 8 atom stereocenters. The van der Waals surface area contributed by atoms with E-state index >= 15 is 0 Å². The Morgan fingerprint density at radius 1 is 1.11 bits per heavy atom. The first-order valence-electron chi connectivity index (χ1n) is 11.7. The highest BCUT2D eigenvalue weighted by molar-refractivity contribution is 5.25. The van der Waals surface area contributed by atoms with Crippen LogP contribution in [0, 0.1) is 40.4 Å². The van der Waals surface area contributed by atoms with Crippen molar-refractivity contribution in [1.29, 1.82) is 0 Å². The predicted molar refractivity (Wildman–Crippen MR) is 111 cm³/mol. The third-order valence-electron chi connectivity index (χ3n) is 9.50. The molecule has 1 N–H and O–H groups in total. The number of fused-ring (bicyclic) bond motifs is 5. The lowest BCUT2D eigenvalue weighted by molar-refractivity contribution is -0.109. The fourth-order valence-corrected chi connectivity index (χ4v) is 7.48. The van der Waals surface area contributed by atoms with Gasteiger partial charge in [0, 0.05) is 0 Å². The maximum absolute atomic E-state index is 10.2. The van der Waals surface area contributed by atoms with E-state index in [1.165, 1.54) is 51.4 Å². The van der Waals surface area contributed by atoms with Crippen molar-refractivity contribution in [1.82, 2.24) is 0 Å². The van der Waals surface area contributed by atoms with Crippen molar-refractivity contribution in [3.05, 3.63) is 11.6 Å². The molecule has 0 heterocycles. The van der Waals surface area contributed by atoms with E-state index in [1.54, 1.807) is 5.57 Å². The average molecular weight is 375 g/mol. The number of hydrogen-bond acceptors (Lipinski definition) is 2. The van der Waals surface area contributed by atoms with Gasteiger partial charge in [-0.2, -0.15) is 0 Å². The highest BCUT2D eigenvalue weighted by atomic mass is 16.5. The van der Waals surface area contributed by atoms with E-state index in [-0.39, 0.29) is 12.0 Å². The standard InChI is InChI=1S/C25H42O2/c1-16(2)22(26)15-27-23-9-8-20-19-7-6-18-14-17(3)10-12-24(18,4)21(19)11-13-25(20,23)5/h6,16-17,19-23,26H,7-15H2,1-5H3. The van der Waals surface area contributed by atoms with E-state index in [2.05, 4.69) is 40.7 Å². The smallest absolute Gasteiger partial charge is 0.0796 e. The molecule has 0 bridgehead atoms. The molecule has 2 nitrogen and oxygen atoms in total. The van der Waals surface area contributed by atoms with Crippen LogP contribution in [0.5, 0.6) is 0 Å². The minimum atomic E-state index is -0.327. The Kier molecular flexibility index (Phi) is 5.30. The minimum absolute atomic E-state index is 0.279. The van der Waals surface area contributed by atoms with Crippen molar-refractivity contribution in [3.63, 3.8) is 0 Å². The molecule has 2 heteroatoms. The molecule has 8 unspecified atom stereocenters. The number of aliphatic hydroxyl groups is 1. The molecule has 0 radical (unpaired) electrons. The lowest BCUT2D eigenvalue weighted by Crippen LogP contribution is -2.51. The molecule has 4 rings (SSSR count). The molecule has 0 aliphatic heterocycles. The maximum atomic E-state index is 10.2. The third-order valence-corrected chi connectivity index (χ3v) is 9.50. The van der Waals surface area contributed by atoms with Crippen molar-refractivity contribution in [3.8, 4) is 0 Å². The molecule has 0 aromatic rings. The van der Waals surface area contributed by atoms with Gasteiger partial charge < -0.3 is 9.84 Å². The molecule has 4 aliphatic rings. The SMILES string of the molecule is CC1CCC2(C)C(=CCC3C2CCC2(C)C(OCC(O)C(C)C)CCC32)C1. The summed E-state index contributed by atoms with van der Waals surface area (Å²) in [6.07, 6.45) is 13.4. The van der Waals surface area contributed by atoms with Crippen molar-refractivity contribution >= 4 is 0 Å². The fraction of sp³-hybridized carbons (Fsp3) is 0.920. The molecular formula is C25H42O2. The zero-order chi connectivity index (χ0) is 19.4. The summed E-state index contributed by atoms with van der Waals surface area (Å²) in [5, 5.41) is 10.2. The van der Waals surface area contributed by atoms with Crippen LogP contribution in [-0.4, -0.2) is 23.9 Å². The molecule has 3 fully saturated rings. The van der Waals surface area contributed by atoms with Gasteiger partial charge in [-0.25, -0.2) is 0 Å². The van der Waals surface area contributed by atoms with Gasteiger partial charge in [0.2, 0.25) is 0 Å². The topological polar surface area (TPSA) is 29.5 Å². The van der Waals surface area contributed by atoms with E-state index in [1.807, 2.05) is 0 Å². The largest absolute Gasteiger partial charge is 0.390 e. The van der Waals surface area contributed by atoms with Crippen LogP contribution in [0.25, 0.3) is 0 Å². The first kappa shape index (κ1) is 20.0. The van der Waals surface area contributed by atoms with E-state index < -0.39 is 0 Å². The first-order chi connectivity index (χ1) is 12.8. The summed E-state index contributed by atoms with van der Waals surface area (Å²) in [7, 11) is 0. The number of allylic oxidation sites excluding steroid dienone is 2. The van der Waals surface area contributed by atoms with Crippen molar-refractivity contribution in [2.24, 2.45) is 40.4 Å². The molecule has 0 aromatic heterocycles. The van der Waals surface area contributed by atoms with Crippen molar-refractivity contribution < 1.29 is 9.84 Å². The Morgan fingerprint density at radius 3 is 2.63 bits per heavy atom. The second-order valence-corrected chi connectivity index (χ2v) is 11.4. The van der Waals surface area contributed by atoms with Gasteiger partial charge >= 0.3 is 0 Å². The Hall–Kier alpha value is -0.340. The Morgan fingerprint density at radius 2 is 1.89 bits per heavy atom. The van der Waals surface area contributed by atoms with Crippen LogP contribution in [0.1, 0.15) is 86.0 Å². The van der Waals surface area contributed by atoms with Gasteiger partial charge in [0.05, 0.1) is 18.8 Å². The van der Waals surface area contributed by atoms with Gasteiger partial charge in [-0.3, -0.25) is 0 Å². The molecule has 0 spiro atoms. The molecule has 0 saturated heterocycles. The molecule has 0 aromatic carbocycles. The highest BCUT2D eigenvalue weighted by Gasteiger charge is 2.58. The number of hydrogen-bond donors (Lipinski definition) is 1. The monoisotopic (exact) mass is 374 g/mol. The van der Waals surface area contributed by atoms with Crippen molar-refractivity contribution in [2.75, 3.05) is 6.61 Å². The molecule has 0 amide bonds. The van der Waals surface area contributed by atoms with Gasteiger partial charge in [0.15, 0.2) is 0 Å². The lowest BCUT2D eigenvalue weighted by Gasteiger charge is -2.58. The summed E-state index contributed by atoms with van der Waals surface area (Å²) in [5.41, 5.74) is 2.60. The minimum Gasteiger partial charge on any atom is -0.390 e. The van der Waals surface area contributed by atoms with Crippen LogP contribution in [-0.2, 0) is 4.74 Å². The van der Waals surface area contributed by atoms with Crippen molar-refractivity contribution in [2.45, 2.75) is 98.2 Å². The normalized spacial score (nSPS) is 47.8. The van der Waals surface area contributed by atoms with E-state index in [0.717, 1.165) is 23.7 Å². The third kappa shape index (κ3) is 3.23. The van der Waals surface area contributed by atoms with E-state index in [0.29, 0.717) is 23.5 Å². The van der Waals surface area contributed by atoms with Gasteiger partial charge in [-0.15, -0.1) is 0 Å². The summed E-state index contributed by atoms with van der Waals surface area (Å²) >= 11 is 0. The van der Waals surface area contributed by atoms with Gasteiger partial charge in [-0.1, -0.05) is 46.3 Å². The number of rotatable bonds is 4. The van der Waals surface area contributed by atoms with E-state index in [9.17, 15) is 5.11 Å². The summed E-state index contributed by atoms with van der Waals surface area (Å²) in [5.74, 6) is 3.72. The van der Waals surface area contributed by atoms with E-state index in [4.69, 9.17) is 4.74 Å². The zero-order valence-corrected chi connectivity index (χ0v) is 18.3. The molecule has 154 valence electrons. The van der Waals surface area contributed by atoms with Crippen LogP contribution >= 0.6 is 0 Å². The number of ether oxygens (including phenoxy) is 1. The maximum Gasteiger partial charge on any atom is 0.0796 e. The average Bonchev–Trinajstić information content (AvgIpc) is 2.96. The van der Waals surface area contributed by atoms with Gasteiger partial charge in [0.25, 0.3) is 0 Å². The Labute approximate surface area is 167 Å². The highest BCUT2D eigenvalue weighted by Crippen LogP contribution is 2.65. The molecular weight excluding hydrogens is 332 g/mol. The molecule has 27 heavy (non-hydrogen) atoms. The second kappa shape index (κ2) is 7.17. The number of aliphatic hydroxyl groups excluding tert-OH is 1. The van der Waals surface area contributed by atoms with Gasteiger partial charge in [-0.05, 0) is 91.8 Å². The Bertz CT molecular complexity index is 581. The van der Waals surface area contributed by atoms with Crippen LogP contribution < -0.4 is 0 Å². The summed E-state index contributed by atoms with van der Waals surface area (Å²) in [4.78, 5) is 0.